The van der Waals surface area contributed by atoms with Crippen LogP contribution in [0.4, 0.5) is 0 Å². The van der Waals surface area contributed by atoms with Crippen LogP contribution in [0.15, 0.2) is 215 Å². The van der Waals surface area contributed by atoms with Gasteiger partial charge >= 0.3 is 0 Å². The molecule has 0 atom stereocenters. The number of fused-ring (bicyclic) bond motifs is 6. The van der Waals surface area contributed by atoms with Gasteiger partial charge in [-0.05, 0) is 83.0 Å². The Labute approximate surface area is 383 Å². The number of nitrogens with zero attached hydrogens (tertiary/aromatic N) is 3. The van der Waals surface area contributed by atoms with Crippen molar-refractivity contribution in [2.45, 2.75) is 20.8 Å². The first-order chi connectivity index (χ1) is 32.4. The Balaban J connectivity index is 1.02. The summed E-state index contributed by atoms with van der Waals surface area (Å²) in [7, 11) is -2.73. The fraction of sp³-hybridized carbons (Fsp3) is 0.0500. The van der Waals surface area contributed by atoms with E-state index >= 15 is 0 Å². The Bertz CT molecular complexity index is 3650. The van der Waals surface area contributed by atoms with Crippen molar-refractivity contribution < 1.29 is 8.83 Å². The van der Waals surface area contributed by atoms with E-state index in [0.29, 0.717) is 17.5 Å². The number of aryl methyl sites for hydroxylation is 3. The molecular formula is C60H43N3O2Si. The molecule has 9 aromatic carbocycles. The summed E-state index contributed by atoms with van der Waals surface area (Å²) in [5.74, 6) is 1.73. The zero-order valence-electron chi connectivity index (χ0n) is 36.8. The quantitative estimate of drug-likeness (QED) is 0.112. The van der Waals surface area contributed by atoms with Gasteiger partial charge in [0.2, 0.25) is 0 Å². The van der Waals surface area contributed by atoms with E-state index < -0.39 is 8.07 Å². The predicted octanol–water partition coefficient (Wildman–Crippen LogP) is 12.6. The zero-order chi connectivity index (χ0) is 44.4. The Kier molecular flexibility index (Phi) is 9.43. The minimum Gasteiger partial charge on any atom is -0.456 e. The molecule has 0 amide bonds. The van der Waals surface area contributed by atoms with E-state index in [2.05, 4.69) is 154 Å². The van der Waals surface area contributed by atoms with Crippen LogP contribution in [-0.4, -0.2) is 23.0 Å². The van der Waals surface area contributed by atoms with Gasteiger partial charge in [-0.2, -0.15) is 0 Å². The van der Waals surface area contributed by atoms with E-state index in [1.54, 1.807) is 0 Å². The molecule has 0 aliphatic carbocycles. The Morgan fingerprint density at radius 2 is 0.742 bits per heavy atom. The van der Waals surface area contributed by atoms with Crippen molar-refractivity contribution >= 4 is 72.7 Å². The van der Waals surface area contributed by atoms with Gasteiger partial charge < -0.3 is 8.83 Å². The molecule has 0 spiro atoms. The van der Waals surface area contributed by atoms with E-state index in [0.717, 1.165) is 71.7 Å². The minimum atomic E-state index is -2.73. The number of aromatic nitrogens is 3. The highest BCUT2D eigenvalue weighted by atomic mass is 28.3. The third-order valence-electron chi connectivity index (χ3n) is 13.2. The normalized spacial score (nSPS) is 11.9. The van der Waals surface area contributed by atoms with Crippen molar-refractivity contribution in [1.29, 1.82) is 0 Å². The number of furan rings is 2. The van der Waals surface area contributed by atoms with Crippen LogP contribution in [0.3, 0.4) is 0 Å². The van der Waals surface area contributed by atoms with Gasteiger partial charge in [-0.15, -0.1) is 0 Å². The van der Waals surface area contributed by atoms with Gasteiger partial charge in [-0.3, -0.25) is 0 Å². The highest BCUT2D eigenvalue weighted by molar-refractivity contribution is 7.19. The maximum absolute atomic E-state index is 6.59. The van der Waals surface area contributed by atoms with Gasteiger partial charge in [0.15, 0.2) is 25.5 Å². The van der Waals surface area contributed by atoms with Crippen molar-refractivity contribution in [3.63, 3.8) is 0 Å². The lowest BCUT2D eigenvalue weighted by atomic mass is 10.0. The van der Waals surface area contributed by atoms with Gasteiger partial charge in [0.25, 0.3) is 0 Å². The molecule has 0 aliphatic heterocycles. The smallest absolute Gasteiger partial charge is 0.179 e. The molecule has 0 saturated carbocycles. The lowest BCUT2D eigenvalue weighted by molar-refractivity contribution is 0.668. The van der Waals surface area contributed by atoms with Crippen molar-refractivity contribution in [1.82, 2.24) is 15.0 Å². The maximum atomic E-state index is 6.59. The molecule has 0 unspecified atom stereocenters. The number of benzene rings is 9. The van der Waals surface area contributed by atoms with Gasteiger partial charge in [0, 0.05) is 38.2 Å². The molecule has 0 saturated heterocycles. The molecule has 12 rings (SSSR count). The van der Waals surface area contributed by atoms with E-state index in [1.807, 2.05) is 72.8 Å². The standard InChI is InChI=1S/C60H43N3O2Si/c1-38-19-28-44(29-20-38)66(45-30-21-39(2)22-31-45,46-32-23-40(3)24-33-46)47-34-25-41(26-35-47)43-27-36-53-51(37-43)57-50(15-10-18-55(57)65-53)60-62-58(42-11-5-4-6-12-42)61-59(63-60)49-14-9-17-54-56(49)48-13-7-8-16-52(48)64-54/h4-37H,1-3H3. The summed E-state index contributed by atoms with van der Waals surface area (Å²) in [5.41, 5.74) is 11.8. The SMILES string of the molecule is Cc1ccc([Si](c2ccc(C)cc2)(c2ccc(C)cc2)c2ccc(-c3ccc4oc5cccc(-c6nc(-c7ccccc7)nc(-c7cccc8oc9ccccc9c78)n6)c5c4c3)cc2)cc1. The lowest BCUT2D eigenvalue weighted by Gasteiger charge is -2.35. The number of hydrogen-bond acceptors (Lipinski definition) is 5. The van der Waals surface area contributed by atoms with E-state index in [-0.39, 0.29) is 0 Å². The fourth-order valence-corrected chi connectivity index (χ4v) is 14.5. The molecule has 6 heteroatoms. The second-order valence-electron chi connectivity index (χ2n) is 17.4. The van der Waals surface area contributed by atoms with Crippen LogP contribution >= 0.6 is 0 Å². The molecule has 0 aliphatic rings. The summed E-state index contributed by atoms with van der Waals surface area (Å²) in [5, 5.41) is 9.36. The summed E-state index contributed by atoms with van der Waals surface area (Å²) >= 11 is 0. The van der Waals surface area contributed by atoms with Crippen molar-refractivity contribution in [3.05, 3.63) is 223 Å². The average molecular weight is 866 g/mol. The molecule has 314 valence electrons. The van der Waals surface area contributed by atoms with Crippen LogP contribution in [0.25, 0.3) is 89.2 Å². The van der Waals surface area contributed by atoms with Crippen LogP contribution in [-0.2, 0) is 0 Å². The largest absolute Gasteiger partial charge is 0.456 e. The summed E-state index contributed by atoms with van der Waals surface area (Å²) in [6.07, 6.45) is 0. The van der Waals surface area contributed by atoms with Crippen molar-refractivity contribution in [2.75, 3.05) is 0 Å². The molecule has 66 heavy (non-hydrogen) atoms. The summed E-state index contributed by atoms with van der Waals surface area (Å²) in [6, 6.07) is 73.9. The Hall–Kier alpha value is -8.19. The first kappa shape index (κ1) is 39.4. The first-order valence-electron chi connectivity index (χ1n) is 22.4. The van der Waals surface area contributed by atoms with Crippen LogP contribution in [0, 0.1) is 20.8 Å². The van der Waals surface area contributed by atoms with Gasteiger partial charge in [-0.1, -0.05) is 193 Å². The second kappa shape index (κ2) is 15.8. The molecule has 3 heterocycles. The van der Waals surface area contributed by atoms with Crippen molar-refractivity contribution in [2.24, 2.45) is 0 Å². The van der Waals surface area contributed by atoms with Gasteiger partial charge in [0.05, 0.1) is 0 Å². The molecule has 0 N–H and O–H groups in total. The highest BCUT2D eigenvalue weighted by Crippen LogP contribution is 2.40. The molecule has 0 bridgehead atoms. The third kappa shape index (κ3) is 6.56. The van der Waals surface area contributed by atoms with Crippen LogP contribution < -0.4 is 20.7 Å². The Morgan fingerprint density at radius 3 is 1.29 bits per heavy atom. The lowest BCUT2D eigenvalue weighted by Crippen LogP contribution is -2.74. The molecular weight excluding hydrogens is 823 g/mol. The van der Waals surface area contributed by atoms with E-state index in [1.165, 1.54) is 37.4 Å². The molecule has 5 nitrogen and oxygen atoms in total. The van der Waals surface area contributed by atoms with Gasteiger partial charge in [-0.25, -0.2) is 15.0 Å². The van der Waals surface area contributed by atoms with E-state index in [4.69, 9.17) is 23.8 Å². The number of para-hydroxylation sites is 1. The molecule has 0 fully saturated rings. The topological polar surface area (TPSA) is 65.0 Å². The second-order valence-corrected chi connectivity index (χ2v) is 21.2. The summed E-state index contributed by atoms with van der Waals surface area (Å²) < 4.78 is 12.9. The monoisotopic (exact) mass is 865 g/mol. The molecule has 3 aromatic heterocycles. The van der Waals surface area contributed by atoms with E-state index in [9.17, 15) is 0 Å². The van der Waals surface area contributed by atoms with Crippen molar-refractivity contribution in [3.8, 4) is 45.3 Å². The number of rotatable bonds is 8. The minimum absolute atomic E-state index is 0.566. The van der Waals surface area contributed by atoms with Crippen LogP contribution in [0.1, 0.15) is 16.7 Å². The maximum Gasteiger partial charge on any atom is 0.179 e. The van der Waals surface area contributed by atoms with Gasteiger partial charge in [0.1, 0.15) is 22.3 Å². The van der Waals surface area contributed by atoms with Crippen LogP contribution in [0.5, 0.6) is 0 Å². The van der Waals surface area contributed by atoms with Crippen LogP contribution in [0.2, 0.25) is 0 Å². The molecule has 12 aromatic rings. The first-order valence-corrected chi connectivity index (χ1v) is 24.4. The predicted molar refractivity (Wildman–Crippen MR) is 274 cm³/mol. The fourth-order valence-electron chi connectivity index (χ4n) is 9.81. The Morgan fingerprint density at radius 1 is 0.318 bits per heavy atom. The highest BCUT2D eigenvalue weighted by Gasteiger charge is 2.41. The summed E-state index contributed by atoms with van der Waals surface area (Å²) in [6.45, 7) is 6.49. The zero-order valence-corrected chi connectivity index (χ0v) is 37.8. The third-order valence-corrected chi connectivity index (χ3v) is 17.9. The average Bonchev–Trinajstić information content (AvgIpc) is 3.94. The molecule has 0 radical (unpaired) electrons. The number of hydrogen-bond donors (Lipinski definition) is 0. The summed E-state index contributed by atoms with van der Waals surface area (Å²) in [4.78, 5) is 15.6.